The molecule has 1 heterocycles. The highest BCUT2D eigenvalue weighted by atomic mass is 35.5. The minimum Gasteiger partial charge on any atom is -0.341 e. The van der Waals surface area contributed by atoms with Crippen molar-refractivity contribution < 1.29 is 23.2 Å². The van der Waals surface area contributed by atoms with Crippen molar-refractivity contribution in [1.29, 1.82) is 0 Å². The fourth-order valence-corrected chi connectivity index (χ4v) is 3.57. The van der Waals surface area contributed by atoms with Gasteiger partial charge in [0.15, 0.2) is 6.04 Å². The van der Waals surface area contributed by atoms with Crippen LogP contribution < -0.4 is 16.0 Å². The predicted octanol–water partition coefficient (Wildman–Crippen LogP) is 3.99. The molecule has 0 saturated heterocycles. The molecule has 0 aliphatic heterocycles. The number of alkyl halides is 2. The molecule has 13 heteroatoms. The molecule has 0 bridgehead atoms. The monoisotopic (exact) mass is 538 g/mol. The molecular weight excluding hydrogens is 517 g/mol. The molecule has 9 nitrogen and oxygen atoms in total. The smallest absolute Gasteiger partial charge is 0.271 e. The van der Waals surface area contributed by atoms with Crippen LogP contribution in [0.1, 0.15) is 13.8 Å². The minimum absolute atomic E-state index is 0.0789. The van der Waals surface area contributed by atoms with E-state index in [2.05, 4.69) is 20.6 Å². The summed E-state index contributed by atoms with van der Waals surface area (Å²) in [6.45, 7) is 3.93. The fraction of sp³-hybridized carbons (Fsp3) is 0.261. The number of halogens is 4. The van der Waals surface area contributed by atoms with Crippen molar-refractivity contribution in [2.24, 2.45) is 0 Å². The van der Waals surface area contributed by atoms with Crippen LogP contribution in [0.4, 0.5) is 26.0 Å². The third kappa shape index (κ3) is 6.35. The first-order valence-electron chi connectivity index (χ1n) is 10.8. The van der Waals surface area contributed by atoms with Gasteiger partial charge >= 0.3 is 0 Å². The van der Waals surface area contributed by atoms with E-state index in [-0.39, 0.29) is 23.8 Å². The summed E-state index contributed by atoms with van der Waals surface area (Å²) in [6.07, 6.45) is 1.32. The Bertz CT molecular complexity index is 1290. The zero-order chi connectivity index (χ0) is 26.4. The van der Waals surface area contributed by atoms with Gasteiger partial charge in [-0.05, 0) is 50.2 Å². The van der Waals surface area contributed by atoms with E-state index < -0.39 is 35.2 Å². The van der Waals surface area contributed by atoms with E-state index in [9.17, 15) is 23.2 Å². The largest absolute Gasteiger partial charge is 0.341 e. The van der Waals surface area contributed by atoms with Crippen molar-refractivity contribution in [3.05, 3.63) is 53.6 Å². The molecule has 0 aliphatic carbocycles. The molecule has 3 N–H and O–H groups in total. The summed E-state index contributed by atoms with van der Waals surface area (Å²) < 4.78 is 26.8. The highest BCUT2D eigenvalue weighted by molar-refractivity contribution is 6.31. The van der Waals surface area contributed by atoms with Crippen LogP contribution >= 0.6 is 23.2 Å². The Morgan fingerprint density at radius 3 is 2.36 bits per heavy atom. The number of carbonyl (C=O) groups excluding carboxylic acids is 3. The van der Waals surface area contributed by atoms with E-state index in [1.807, 2.05) is 5.32 Å². The molecule has 0 saturated carbocycles. The van der Waals surface area contributed by atoms with Crippen LogP contribution in [0.15, 0.2) is 42.7 Å². The molecule has 2 atom stereocenters. The highest BCUT2D eigenvalue weighted by Gasteiger charge is 2.33. The first kappa shape index (κ1) is 27.0. The lowest BCUT2D eigenvalue weighted by Gasteiger charge is -2.25. The third-order valence-electron chi connectivity index (χ3n) is 5.15. The van der Waals surface area contributed by atoms with Crippen LogP contribution in [-0.4, -0.2) is 57.4 Å². The molecule has 3 aromatic rings. The normalized spacial score (nSPS) is 12.5. The second-order valence-corrected chi connectivity index (χ2v) is 8.24. The Hall–Kier alpha value is -3.57. The van der Waals surface area contributed by atoms with E-state index in [1.54, 1.807) is 26.0 Å². The van der Waals surface area contributed by atoms with E-state index in [0.717, 1.165) is 0 Å². The van der Waals surface area contributed by atoms with E-state index in [0.29, 0.717) is 22.4 Å². The van der Waals surface area contributed by atoms with Gasteiger partial charge in [0, 0.05) is 29.9 Å². The third-order valence-corrected chi connectivity index (χ3v) is 5.64. The molecule has 2 unspecified atom stereocenters. The number of hydrogen-bond donors (Lipinski definition) is 3. The number of likely N-dealkylation sites (N-methyl/N-ethyl adjacent to an activating group) is 1. The van der Waals surface area contributed by atoms with E-state index in [1.165, 1.54) is 35.5 Å². The molecule has 36 heavy (non-hydrogen) atoms. The maximum Gasteiger partial charge on any atom is 0.271 e. The van der Waals surface area contributed by atoms with Crippen LogP contribution in [0.3, 0.4) is 0 Å². The number of rotatable bonds is 9. The second-order valence-electron chi connectivity index (χ2n) is 7.45. The van der Waals surface area contributed by atoms with E-state index in [4.69, 9.17) is 23.2 Å². The van der Waals surface area contributed by atoms with E-state index >= 15 is 0 Å². The Labute approximate surface area is 215 Å². The first-order chi connectivity index (χ1) is 17.1. The van der Waals surface area contributed by atoms with Crippen molar-refractivity contribution in [1.82, 2.24) is 20.2 Å². The summed E-state index contributed by atoms with van der Waals surface area (Å²) in [5, 5.41) is 8.02. The topological polar surface area (TPSA) is 116 Å². The summed E-state index contributed by atoms with van der Waals surface area (Å²) in [6, 6.07) is 7.03. The van der Waals surface area contributed by atoms with Gasteiger partial charge in [-0.2, -0.15) is 0 Å². The first-order valence-corrected chi connectivity index (χ1v) is 11.6. The number of amides is 3. The zero-order valence-electron chi connectivity index (χ0n) is 19.2. The Morgan fingerprint density at radius 1 is 1.03 bits per heavy atom. The maximum atomic E-state index is 13.5. The number of aromatic nitrogens is 2. The summed E-state index contributed by atoms with van der Waals surface area (Å²) in [5.41, 5.74) is -1.21. The van der Waals surface area contributed by atoms with Crippen molar-refractivity contribution >= 4 is 69.0 Å². The van der Waals surface area contributed by atoms with Gasteiger partial charge in [0.1, 0.15) is 18.0 Å². The molecule has 0 radical (unpaired) electrons. The maximum absolute atomic E-state index is 13.5. The number of anilines is 3. The summed E-state index contributed by atoms with van der Waals surface area (Å²) in [5.74, 6) is -3.16. The fourth-order valence-electron chi connectivity index (χ4n) is 3.32. The molecule has 1 aromatic heterocycles. The second kappa shape index (κ2) is 11.9. The number of nitrogens with one attached hydrogen (secondary N) is 3. The lowest BCUT2D eigenvalue weighted by Crippen LogP contribution is -2.55. The molecule has 3 rings (SSSR count). The molecule has 2 aromatic carbocycles. The average Bonchev–Trinajstić information content (AvgIpc) is 2.85. The van der Waals surface area contributed by atoms with Crippen molar-refractivity contribution in [2.75, 3.05) is 23.7 Å². The Balaban J connectivity index is 1.90. The molecule has 3 amide bonds. The van der Waals surface area contributed by atoms with Gasteiger partial charge < -0.3 is 20.9 Å². The van der Waals surface area contributed by atoms with Gasteiger partial charge in [-0.1, -0.05) is 23.2 Å². The zero-order valence-corrected chi connectivity index (χ0v) is 20.7. The standard InChI is InChI=1S/C23H22Cl2F2N6O3/c1-3-33(4-2)23(36)18(32-22(35)19(25)27)21(34)31-12-6-8-17-14(9-12)20(29-11-28-17)30-13-5-7-16(26)15(24)10-13/h5-11,18-19H,3-4H2,1-2H3,(H,31,34)(H,32,35)(H,28,29,30). The van der Waals surface area contributed by atoms with Crippen LogP contribution in [0, 0.1) is 5.82 Å². The summed E-state index contributed by atoms with van der Waals surface area (Å²) >= 11 is 11.0. The number of carbonyl (C=O) groups is 3. The minimum atomic E-state index is -2.43. The van der Waals surface area contributed by atoms with Crippen molar-refractivity contribution in [2.45, 2.75) is 25.5 Å². The lowest BCUT2D eigenvalue weighted by atomic mass is 10.1. The quantitative estimate of drug-likeness (QED) is 0.280. The van der Waals surface area contributed by atoms with Crippen molar-refractivity contribution in [3.63, 3.8) is 0 Å². The van der Waals surface area contributed by atoms with Gasteiger partial charge in [-0.3, -0.25) is 14.4 Å². The number of benzene rings is 2. The van der Waals surface area contributed by atoms with Gasteiger partial charge in [-0.25, -0.2) is 18.7 Å². The van der Waals surface area contributed by atoms with Crippen LogP contribution in [0.25, 0.3) is 10.9 Å². The van der Waals surface area contributed by atoms with Gasteiger partial charge in [0.25, 0.3) is 23.4 Å². The van der Waals surface area contributed by atoms with Crippen molar-refractivity contribution in [3.8, 4) is 0 Å². The molecule has 0 fully saturated rings. The Kier molecular flexibility index (Phi) is 8.94. The predicted molar refractivity (Wildman–Crippen MR) is 133 cm³/mol. The number of hydrogen-bond acceptors (Lipinski definition) is 6. The average molecular weight is 539 g/mol. The number of nitrogens with zero attached hydrogens (tertiary/aromatic N) is 3. The molecule has 0 spiro atoms. The van der Waals surface area contributed by atoms with Crippen LogP contribution in [-0.2, 0) is 14.4 Å². The Morgan fingerprint density at radius 2 is 1.72 bits per heavy atom. The molecule has 0 aliphatic rings. The molecular formula is C23H22Cl2F2N6O3. The van der Waals surface area contributed by atoms with Crippen LogP contribution in [0.2, 0.25) is 5.02 Å². The van der Waals surface area contributed by atoms with Gasteiger partial charge in [-0.15, -0.1) is 0 Å². The highest BCUT2D eigenvalue weighted by Crippen LogP contribution is 2.27. The van der Waals surface area contributed by atoms with Gasteiger partial charge in [0.05, 0.1) is 10.5 Å². The van der Waals surface area contributed by atoms with Crippen LogP contribution in [0.5, 0.6) is 0 Å². The molecule has 190 valence electrons. The van der Waals surface area contributed by atoms with Gasteiger partial charge in [0.2, 0.25) is 0 Å². The SMILES string of the molecule is CCN(CC)C(=O)C(NC(=O)C(F)Cl)C(=O)Nc1ccc2ncnc(Nc3ccc(F)c(Cl)c3)c2c1. The summed E-state index contributed by atoms with van der Waals surface area (Å²) in [7, 11) is 0. The number of fused-ring (bicyclic) bond motifs is 1. The lowest BCUT2D eigenvalue weighted by molar-refractivity contribution is -0.140. The summed E-state index contributed by atoms with van der Waals surface area (Å²) in [4.78, 5) is 47.3.